The lowest BCUT2D eigenvalue weighted by Crippen LogP contribution is -2.26. The Morgan fingerprint density at radius 2 is 1.72 bits per heavy atom. The van der Waals surface area contributed by atoms with E-state index in [-0.39, 0.29) is 12.2 Å². The van der Waals surface area contributed by atoms with Crippen LogP contribution in [0, 0.1) is 13.8 Å². The average Bonchev–Trinajstić information content (AvgIpc) is 2.58. The van der Waals surface area contributed by atoms with Gasteiger partial charge in [-0.2, -0.15) is 0 Å². The molecule has 130 valence electrons. The van der Waals surface area contributed by atoms with Crippen LogP contribution in [0.1, 0.15) is 22.3 Å². The monoisotopic (exact) mass is 337 g/mol. The van der Waals surface area contributed by atoms with Crippen molar-refractivity contribution < 1.29 is 9.52 Å². The second-order valence-electron chi connectivity index (χ2n) is 6.44. The number of aliphatic hydroxyl groups is 1. The highest BCUT2D eigenvalue weighted by molar-refractivity contribution is 5.81. The van der Waals surface area contributed by atoms with Gasteiger partial charge in [-0.25, -0.2) is 4.79 Å². The number of fused-ring (bicyclic) bond motifs is 1. The van der Waals surface area contributed by atoms with E-state index in [2.05, 4.69) is 30.0 Å². The number of nitrogens with zero attached hydrogens (tertiary/aromatic N) is 1. The number of benzene rings is 2. The highest BCUT2D eigenvalue weighted by Crippen LogP contribution is 2.23. The van der Waals surface area contributed by atoms with Crippen molar-refractivity contribution in [2.24, 2.45) is 0 Å². The van der Waals surface area contributed by atoms with Crippen LogP contribution in [0.3, 0.4) is 0 Å². The molecule has 3 rings (SSSR count). The van der Waals surface area contributed by atoms with E-state index in [9.17, 15) is 9.90 Å². The second kappa shape index (κ2) is 7.64. The Labute approximate surface area is 147 Å². The van der Waals surface area contributed by atoms with Crippen molar-refractivity contribution in [2.75, 3.05) is 13.2 Å². The molecule has 1 aromatic heterocycles. The zero-order valence-corrected chi connectivity index (χ0v) is 14.7. The summed E-state index contributed by atoms with van der Waals surface area (Å²) < 4.78 is 5.37. The van der Waals surface area contributed by atoms with Gasteiger partial charge in [0.25, 0.3) is 0 Å². The molecule has 0 aliphatic heterocycles. The minimum Gasteiger partial charge on any atom is -0.423 e. The van der Waals surface area contributed by atoms with E-state index in [1.165, 1.54) is 11.1 Å². The topological polar surface area (TPSA) is 53.7 Å². The maximum Gasteiger partial charge on any atom is 0.336 e. The summed E-state index contributed by atoms with van der Waals surface area (Å²) in [6, 6.07) is 15.7. The molecule has 4 nitrogen and oxygen atoms in total. The normalized spacial score (nSPS) is 11.4. The van der Waals surface area contributed by atoms with Crippen LogP contribution >= 0.6 is 0 Å². The Morgan fingerprint density at radius 3 is 2.44 bits per heavy atom. The summed E-state index contributed by atoms with van der Waals surface area (Å²) in [4.78, 5) is 14.1. The van der Waals surface area contributed by atoms with Crippen molar-refractivity contribution in [2.45, 2.75) is 26.9 Å². The molecule has 0 bridgehead atoms. The molecule has 2 aromatic carbocycles. The van der Waals surface area contributed by atoms with Crippen LogP contribution < -0.4 is 5.63 Å². The third-order valence-electron chi connectivity index (χ3n) is 4.50. The molecule has 1 N–H and O–H groups in total. The van der Waals surface area contributed by atoms with E-state index in [1.54, 1.807) is 6.07 Å². The first-order valence-corrected chi connectivity index (χ1v) is 8.48. The predicted octanol–water partition coefficient (Wildman–Crippen LogP) is 3.40. The average molecular weight is 337 g/mol. The van der Waals surface area contributed by atoms with E-state index in [0.717, 1.165) is 16.5 Å². The quantitative estimate of drug-likeness (QED) is 0.701. The Morgan fingerprint density at radius 1 is 1.00 bits per heavy atom. The number of rotatable bonds is 6. The third kappa shape index (κ3) is 4.16. The molecule has 0 atom stereocenters. The summed E-state index contributed by atoms with van der Waals surface area (Å²) in [6.07, 6.45) is 0. The van der Waals surface area contributed by atoms with Gasteiger partial charge in [0.1, 0.15) is 5.58 Å². The van der Waals surface area contributed by atoms with Crippen LogP contribution in [-0.4, -0.2) is 23.2 Å². The van der Waals surface area contributed by atoms with Gasteiger partial charge in [-0.05, 0) is 48.2 Å². The maximum atomic E-state index is 12.0. The summed E-state index contributed by atoms with van der Waals surface area (Å²) in [5.74, 6) is 0. The van der Waals surface area contributed by atoms with E-state index < -0.39 is 0 Å². The van der Waals surface area contributed by atoms with Crippen molar-refractivity contribution in [3.05, 3.63) is 81.2 Å². The fourth-order valence-electron chi connectivity index (χ4n) is 3.05. The van der Waals surface area contributed by atoms with Crippen molar-refractivity contribution in [1.29, 1.82) is 0 Å². The van der Waals surface area contributed by atoms with Gasteiger partial charge in [-0.3, -0.25) is 4.90 Å². The molecule has 4 heteroatoms. The van der Waals surface area contributed by atoms with Gasteiger partial charge in [0, 0.05) is 31.1 Å². The van der Waals surface area contributed by atoms with Crippen molar-refractivity contribution in [1.82, 2.24) is 4.90 Å². The summed E-state index contributed by atoms with van der Waals surface area (Å²) >= 11 is 0. The summed E-state index contributed by atoms with van der Waals surface area (Å²) in [7, 11) is 0. The van der Waals surface area contributed by atoms with Gasteiger partial charge in [0.2, 0.25) is 0 Å². The molecule has 0 fully saturated rings. The molecular formula is C21H23NO3. The van der Waals surface area contributed by atoms with Gasteiger partial charge < -0.3 is 9.52 Å². The number of hydrogen-bond acceptors (Lipinski definition) is 4. The van der Waals surface area contributed by atoms with Crippen LogP contribution in [0.15, 0.2) is 57.7 Å². The lowest BCUT2D eigenvalue weighted by molar-refractivity contribution is 0.184. The lowest BCUT2D eigenvalue weighted by Gasteiger charge is -2.22. The number of aryl methyl sites for hydroxylation is 2. The predicted molar refractivity (Wildman–Crippen MR) is 99.6 cm³/mol. The van der Waals surface area contributed by atoms with E-state index in [4.69, 9.17) is 4.42 Å². The first-order chi connectivity index (χ1) is 12.1. The molecule has 3 aromatic rings. The summed E-state index contributed by atoms with van der Waals surface area (Å²) in [5.41, 5.74) is 4.65. The molecule has 0 saturated heterocycles. The Balaban J connectivity index is 1.96. The molecule has 0 radical (unpaired) electrons. The molecule has 0 unspecified atom stereocenters. The van der Waals surface area contributed by atoms with Crippen molar-refractivity contribution in [3.8, 4) is 0 Å². The Bertz CT molecular complexity index is 916. The van der Waals surface area contributed by atoms with Gasteiger partial charge in [-0.15, -0.1) is 0 Å². The van der Waals surface area contributed by atoms with E-state index in [0.29, 0.717) is 25.2 Å². The van der Waals surface area contributed by atoms with Gasteiger partial charge in [0.05, 0.1) is 6.61 Å². The molecule has 0 saturated carbocycles. The molecule has 25 heavy (non-hydrogen) atoms. The Hall–Kier alpha value is -2.43. The van der Waals surface area contributed by atoms with E-state index >= 15 is 0 Å². The first-order valence-electron chi connectivity index (χ1n) is 8.48. The number of aliphatic hydroxyl groups excluding tert-OH is 1. The van der Waals surface area contributed by atoms with Gasteiger partial charge in [-0.1, -0.05) is 30.3 Å². The highest BCUT2D eigenvalue weighted by atomic mass is 16.4. The SMILES string of the molecule is Cc1cc2oc(=O)cc(CN(CCO)Cc3ccccc3)c2cc1C. The fourth-order valence-corrected chi connectivity index (χ4v) is 3.05. The van der Waals surface area contributed by atoms with Gasteiger partial charge in [0.15, 0.2) is 0 Å². The maximum absolute atomic E-state index is 12.0. The Kier molecular flexibility index (Phi) is 5.31. The first kappa shape index (κ1) is 17.4. The van der Waals surface area contributed by atoms with Crippen LogP contribution in [0.5, 0.6) is 0 Å². The van der Waals surface area contributed by atoms with Crippen LogP contribution in [0.25, 0.3) is 11.0 Å². The van der Waals surface area contributed by atoms with Crippen molar-refractivity contribution >= 4 is 11.0 Å². The van der Waals surface area contributed by atoms with Crippen molar-refractivity contribution in [3.63, 3.8) is 0 Å². The minimum absolute atomic E-state index is 0.0738. The molecule has 1 heterocycles. The highest BCUT2D eigenvalue weighted by Gasteiger charge is 2.12. The lowest BCUT2D eigenvalue weighted by atomic mass is 10.0. The molecule has 0 aliphatic rings. The largest absolute Gasteiger partial charge is 0.423 e. The smallest absolute Gasteiger partial charge is 0.336 e. The zero-order chi connectivity index (χ0) is 17.8. The minimum atomic E-state index is -0.339. The fraction of sp³-hybridized carbons (Fsp3) is 0.286. The molecule has 0 aliphatic carbocycles. The standard InChI is InChI=1S/C21H23NO3/c1-15-10-19-18(12-21(24)25-20(19)11-16(15)2)14-22(8-9-23)13-17-6-4-3-5-7-17/h3-7,10-12,23H,8-9,13-14H2,1-2H3. The summed E-state index contributed by atoms with van der Waals surface area (Å²) in [6.45, 7) is 5.98. The zero-order valence-electron chi connectivity index (χ0n) is 14.7. The molecule has 0 amide bonds. The van der Waals surface area contributed by atoms with Gasteiger partial charge >= 0.3 is 5.63 Å². The number of hydrogen-bond donors (Lipinski definition) is 1. The van der Waals surface area contributed by atoms with Crippen LogP contribution in [0.4, 0.5) is 0 Å². The summed E-state index contributed by atoms with van der Waals surface area (Å²) in [5, 5.41) is 10.4. The van der Waals surface area contributed by atoms with E-state index in [1.807, 2.05) is 31.2 Å². The molecule has 0 spiro atoms. The van der Waals surface area contributed by atoms with Crippen LogP contribution in [0.2, 0.25) is 0 Å². The second-order valence-corrected chi connectivity index (χ2v) is 6.44. The van der Waals surface area contributed by atoms with Crippen LogP contribution in [-0.2, 0) is 13.1 Å². The molecular weight excluding hydrogens is 314 g/mol. The third-order valence-corrected chi connectivity index (χ3v) is 4.50.